The molecule has 0 radical (unpaired) electrons. The number of nitrogens with one attached hydrogen (secondary N) is 1. The molecule has 2 aliphatic carbocycles. The Morgan fingerprint density at radius 3 is 2.55 bits per heavy atom. The molecule has 0 bridgehead atoms. The van der Waals surface area contributed by atoms with Gasteiger partial charge in [-0.3, -0.25) is 14.4 Å². The van der Waals surface area contributed by atoms with Gasteiger partial charge in [0.1, 0.15) is 18.5 Å². The minimum Gasteiger partial charge on any atom is -0.493 e. The fourth-order valence-electron chi connectivity index (χ4n) is 5.66. The zero-order valence-electron chi connectivity index (χ0n) is 23.6. The molecule has 1 saturated carbocycles. The molecule has 0 spiro atoms. The van der Waals surface area contributed by atoms with Crippen LogP contribution in [0.5, 0.6) is 11.5 Å². The van der Waals surface area contributed by atoms with Gasteiger partial charge in [0, 0.05) is 36.6 Å². The van der Waals surface area contributed by atoms with E-state index in [-0.39, 0.29) is 37.4 Å². The number of nitrogens with zero attached hydrogens (tertiary/aromatic N) is 1. The van der Waals surface area contributed by atoms with E-state index in [0.717, 1.165) is 64.1 Å². The van der Waals surface area contributed by atoms with Gasteiger partial charge in [0.05, 0.1) is 23.3 Å². The van der Waals surface area contributed by atoms with Gasteiger partial charge in [0.25, 0.3) is 0 Å². The molecule has 3 N–H and O–H groups in total. The minimum atomic E-state index is -1.09. The number of methoxy groups -OCH3 is 1. The number of unbranched alkanes of at least 4 members (excludes halogenated alkanes) is 4. The van der Waals surface area contributed by atoms with Crippen molar-refractivity contribution in [3.63, 3.8) is 0 Å². The largest absolute Gasteiger partial charge is 0.493 e. The molecule has 0 aromatic heterocycles. The predicted molar refractivity (Wildman–Crippen MR) is 161 cm³/mol. The van der Waals surface area contributed by atoms with Crippen LogP contribution in [0.25, 0.3) is 0 Å². The second-order valence-corrected chi connectivity index (χ2v) is 11.7. The minimum absolute atomic E-state index is 0.00448. The molecular weight excluding hydrogens is 627 g/mol. The molecule has 2 amide bonds. The summed E-state index contributed by atoms with van der Waals surface area (Å²) >= 11 is 2.05. The van der Waals surface area contributed by atoms with E-state index in [1.807, 2.05) is 27.5 Å². The number of hydrogen-bond acceptors (Lipinski definition) is 7. The molecule has 0 heterocycles. The number of rotatable bonds is 15. The Morgan fingerprint density at radius 2 is 1.90 bits per heavy atom. The van der Waals surface area contributed by atoms with Crippen LogP contribution in [0.15, 0.2) is 23.8 Å². The molecule has 3 rings (SSSR count). The number of amides is 2. The third kappa shape index (κ3) is 8.42. The lowest BCUT2D eigenvalue weighted by atomic mass is 9.87. The zero-order chi connectivity index (χ0) is 29.1. The first-order valence-electron chi connectivity index (χ1n) is 14.4. The number of aliphatic hydroxyl groups is 2. The fraction of sp³-hybridized carbons (Fsp3) is 0.633. The van der Waals surface area contributed by atoms with E-state index in [1.54, 1.807) is 18.2 Å². The topological polar surface area (TPSA) is 125 Å². The Balaban J connectivity index is 1.94. The number of carbonyl (C=O) groups is 3. The Kier molecular flexibility index (Phi) is 13.2. The van der Waals surface area contributed by atoms with E-state index >= 15 is 0 Å². The van der Waals surface area contributed by atoms with Crippen molar-refractivity contribution in [1.29, 1.82) is 0 Å². The summed E-state index contributed by atoms with van der Waals surface area (Å²) in [5, 5.41) is 23.6. The van der Waals surface area contributed by atoms with E-state index in [4.69, 9.17) is 9.47 Å². The highest BCUT2D eigenvalue weighted by Gasteiger charge is 2.43. The SMILES string of the molecule is CCCCCCCC(=O)N(C1CCCC1)[C@@H]1CC(C(=O)NCCO)=C[C@H](Oc2c(I)cc(C=O)cc2OC)[C@H]1O. The van der Waals surface area contributed by atoms with Crippen LogP contribution in [0, 0.1) is 3.57 Å². The average Bonchev–Trinajstić information content (AvgIpc) is 3.48. The van der Waals surface area contributed by atoms with Crippen molar-refractivity contribution in [3.8, 4) is 11.5 Å². The summed E-state index contributed by atoms with van der Waals surface area (Å²) in [6.45, 7) is 2.05. The number of ether oxygens (including phenoxy) is 2. The maximum atomic E-state index is 13.7. The van der Waals surface area contributed by atoms with Crippen LogP contribution in [-0.4, -0.2) is 77.8 Å². The van der Waals surface area contributed by atoms with Crippen LogP contribution in [0.4, 0.5) is 0 Å². The third-order valence-corrected chi connectivity index (χ3v) is 8.51. The van der Waals surface area contributed by atoms with Gasteiger partial charge >= 0.3 is 0 Å². The van der Waals surface area contributed by atoms with E-state index in [2.05, 4.69) is 12.2 Å². The van der Waals surface area contributed by atoms with Crippen molar-refractivity contribution in [2.24, 2.45) is 0 Å². The average molecular weight is 671 g/mol. The van der Waals surface area contributed by atoms with Gasteiger partial charge in [-0.2, -0.15) is 0 Å². The highest BCUT2D eigenvalue weighted by atomic mass is 127. The standard InChI is InChI=1S/C30H43IN2O7/c1-3-4-5-6-7-12-27(36)33(22-10-8-9-11-22)24-17-21(30(38)32-13-14-34)18-25(28(24)37)40-29-23(31)15-20(19-35)16-26(29)39-2/h15-16,18-19,22,24-25,28,34,37H,3-14,17H2,1-2H3,(H,32,38)/t24-,25+,28+/m1/s1. The maximum Gasteiger partial charge on any atom is 0.247 e. The second kappa shape index (κ2) is 16.3. The molecule has 3 atom stereocenters. The Labute approximate surface area is 250 Å². The summed E-state index contributed by atoms with van der Waals surface area (Å²) in [6, 6.07) is 2.57. The van der Waals surface area contributed by atoms with E-state index in [0.29, 0.717) is 32.6 Å². The molecule has 0 saturated heterocycles. The molecule has 9 nitrogen and oxygen atoms in total. The molecule has 1 aromatic rings. The lowest BCUT2D eigenvalue weighted by Gasteiger charge is -2.43. The van der Waals surface area contributed by atoms with Crippen LogP contribution in [0.2, 0.25) is 0 Å². The Bertz CT molecular complexity index is 1040. The summed E-state index contributed by atoms with van der Waals surface area (Å²) < 4.78 is 12.4. The first-order valence-corrected chi connectivity index (χ1v) is 15.5. The number of halogens is 1. The summed E-state index contributed by atoms with van der Waals surface area (Å²) in [5.74, 6) is 0.319. The fourth-order valence-corrected chi connectivity index (χ4v) is 6.41. The monoisotopic (exact) mass is 670 g/mol. The van der Waals surface area contributed by atoms with Gasteiger partial charge in [-0.05, 0) is 60.1 Å². The quantitative estimate of drug-likeness (QED) is 0.146. The number of carbonyl (C=O) groups excluding carboxylic acids is 3. The van der Waals surface area contributed by atoms with Gasteiger partial charge in [-0.1, -0.05) is 45.4 Å². The summed E-state index contributed by atoms with van der Waals surface area (Å²) in [5.41, 5.74) is 0.818. The highest BCUT2D eigenvalue weighted by molar-refractivity contribution is 14.1. The number of aldehydes is 1. The Hall–Kier alpha value is -2.18. The van der Waals surface area contributed by atoms with Crippen molar-refractivity contribution in [2.45, 2.75) is 102 Å². The Morgan fingerprint density at radius 1 is 1.18 bits per heavy atom. The van der Waals surface area contributed by atoms with Crippen molar-refractivity contribution >= 4 is 40.7 Å². The number of hydrogen-bond donors (Lipinski definition) is 3. The first-order chi connectivity index (χ1) is 19.3. The maximum absolute atomic E-state index is 13.7. The van der Waals surface area contributed by atoms with Crippen molar-refractivity contribution in [2.75, 3.05) is 20.3 Å². The number of aliphatic hydroxyl groups excluding tert-OH is 2. The predicted octanol–water partition coefficient (Wildman–Crippen LogP) is 4.16. The lowest BCUT2D eigenvalue weighted by molar-refractivity contribution is -0.142. The summed E-state index contributed by atoms with van der Waals surface area (Å²) in [6.07, 6.45) is 9.80. The van der Waals surface area contributed by atoms with Gasteiger partial charge in [0.15, 0.2) is 11.5 Å². The molecule has 1 fully saturated rings. The van der Waals surface area contributed by atoms with Crippen LogP contribution >= 0.6 is 22.6 Å². The lowest BCUT2D eigenvalue weighted by Crippen LogP contribution is -2.57. The smallest absolute Gasteiger partial charge is 0.247 e. The first kappa shape index (κ1) is 32.3. The molecule has 2 aliphatic rings. The highest BCUT2D eigenvalue weighted by Crippen LogP contribution is 2.38. The van der Waals surface area contributed by atoms with Crippen LogP contribution in [0.1, 0.15) is 87.9 Å². The van der Waals surface area contributed by atoms with Gasteiger partial charge in [0.2, 0.25) is 11.8 Å². The van der Waals surface area contributed by atoms with Crippen molar-refractivity contribution < 1.29 is 34.1 Å². The molecule has 1 aromatic carbocycles. The van der Waals surface area contributed by atoms with Crippen molar-refractivity contribution in [3.05, 3.63) is 32.9 Å². The second-order valence-electron chi connectivity index (χ2n) is 10.6. The summed E-state index contributed by atoms with van der Waals surface area (Å²) in [7, 11) is 1.47. The van der Waals surface area contributed by atoms with Crippen LogP contribution in [0.3, 0.4) is 0 Å². The third-order valence-electron chi connectivity index (χ3n) is 7.71. The summed E-state index contributed by atoms with van der Waals surface area (Å²) in [4.78, 5) is 40.0. The molecule has 10 heteroatoms. The normalized spacial score (nSPS) is 21.0. The number of benzene rings is 1. The molecule has 222 valence electrons. The van der Waals surface area contributed by atoms with Crippen LogP contribution < -0.4 is 14.8 Å². The van der Waals surface area contributed by atoms with Gasteiger partial charge in [-0.25, -0.2) is 0 Å². The van der Waals surface area contributed by atoms with Crippen LogP contribution in [-0.2, 0) is 9.59 Å². The van der Waals surface area contributed by atoms with Crippen molar-refractivity contribution in [1.82, 2.24) is 10.2 Å². The van der Waals surface area contributed by atoms with E-state index < -0.39 is 18.2 Å². The van der Waals surface area contributed by atoms with Gasteiger partial charge < -0.3 is 29.9 Å². The van der Waals surface area contributed by atoms with Gasteiger partial charge in [-0.15, -0.1) is 0 Å². The molecule has 0 aliphatic heterocycles. The molecular formula is C30H43IN2O7. The van der Waals surface area contributed by atoms with E-state index in [9.17, 15) is 24.6 Å². The van der Waals surface area contributed by atoms with E-state index in [1.165, 1.54) is 7.11 Å². The zero-order valence-corrected chi connectivity index (χ0v) is 25.7. The molecule has 0 unspecified atom stereocenters. The molecule has 40 heavy (non-hydrogen) atoms.